The quantitative estimate of drug-likeness (QED) is 0.570. The second kappa shape index (κ2) is 5.09. The monoisotopic (exact) mass is 221 g/mol. The van der Waals surface area contributed by atoms with Crippen molar-refractivity contribution < 1.29 is 15.1 Å². The number of aliphatic hydroxyl groups excluding tert-OH is 1. The molecule has 5 heteroatoms. The number of phenols is 1. The maximum Gasteiger partial charge on any atom is 0.311 e. The molecule has 2 aromatic rings. The van der Waals surface area contributed by atoms with Crippen LogP contribution in [0.4, 0.5) is 5.69 Å². The molecule has 0 aromatic heterocycles. The first kappa shape index (κ1) is 11.9. The van der Waals surface area contributed by atoms with Gasteiger partial charge in [-0.1, -0.05) is 24.3 Å². The highest BCUT2D eigenvalue weighted by Gasteiger charge is 2.14. The minimum absolute atomic E-state index is 0.260. The average molecular weight is 221 g/mol. The Kier molecular flexibility index (Phi) is 3.79. The largest absolute Gasteiger partial charge is 0.502 e. The third kappa shape index (κ3) is 2.09. The Morgan fingerprint density at radius 1 is 1.12 bits per heavy atom. The van der Waals surface area contributed by atoms with E-state index in [0.29, 0.717) is 5.39 Å². The van der Waals surface area contributed by atoms with Crippen LogP contribution in [0.5, 0.6) is 5.75 Å². The summed E-state index contributed by atoms with van der Waals surface area (Å²) in [6.45, 7) is 0. The van der Waals surface area contributed by atoms with Crippen molar-refractivity contribution in [2.75, 3.05) is 7.11 Å². The Morgan fingerprint density at radius 3 is 2.38 bits per heavy atom. The van der Waals surface area contributed by atoms with Crippen LogP contribution in [-0.4, -0.2) is 22.2 Å². The molecule has 0 unspecified atom stereocenters. The van der Waals surface area contributed by atoms with E-state index < -0.39 is 4.92 Å². The first-order valence-electron chi connectivity index (χ1n) is 4.50. The number of nitro benzene ring substituents is 1. The molecule has 0 fully saturated rings. The Morgan fingerprint density at radius 2 is 1.75 bits per heavy atom. The molecule has 0 spiro atoms. The summed E-state index contributed by atoms with van der Waals surface area (Å²) in [7, 11) is 1.00. The van der Waals surface area contributed by atoms with Gasteiger partial charge in [-0.15, -0.1) is 0 Å². The third-order valence-corrected chi connectivity index (χ3v) is 2.08. The summed E-state index contributed by atoms with van der Waals surface area (Å²) >= 11 is 0. The molecular formula is C11H11NO4. The smallest absolute Gasteiger partial charge is 0.311 e. The van der Waals surface area contributed by atoms with Gasteiger partial charge in [-0.25, -0.2) is 0 Å². The number of aliphatic hydroxyl groups is 1. The number of fused-ring (bicyclic) bond motifs is 1. The van der Waals surface area contributed by atoms with Gasteiger partial charge >= 0.3 is 5.69 Å². The number of rotatable bonds is 1. The first-order valence-corrected chi connectivity index (χ1v) is 4.50. The van der Waals surface area contributed by atoms with Crippen molar-refractivity contribution in [2.45, 2.75) is 0 Å². The molecule has 0 bridgehead atoms. The molecule has 16 heavy (non-hydrogen) atoms. The summed E-state index contributed by atoms with van der Waals surface area (Å²) in [6.07, 6.45) is 0. The molecule has 2 N–H and O–H groups in total. The topological polar surface area (TPSA) is 83.6 Å². The zero-order valence-corrected chi connectivity index (χ0v) is 8.62. The number of phenolic OH excluding ortho intramolecular Hbond substituents is 1. The number of hydrogen-bond donors (Lipinski definition) is 2. The number of hydrogen-bond acceptors (Lipinski definition) is 4. The van der Waals surface area contributed by atoms with E-state index in [9.17, 15) is 15.2 Å². The standard InChI is InChI=1S/C10H7NO3.CH4O/c12-10-8-4-2-1-3-7(8)5-6-9(10)11(13)14;1-2/h1-6,12H;2H,1H3. The van der Waals surface area contributed by atoms with Crippen LogP contribution in [0, 0.1) is 10.1 Å². The summed E-state index contributed by atoms with van der Waals surface area (Å²) in [5.74, 6) is -0.270. The lowest BCUT2D eigenvalue weighted by Gasteiger charge is -2.00. The fraction of sp³-hybridized carbons (Fsp3) is 0.0909. The Bertz CT molecular complexity index is 510. The van der Waals surface area contributed by atoms with E-state index in [0.717, 1.165) is 12.5 Å². The van der Waals surface area contributed by atoms with Crippen molar-refractivity contribution in [1.82, 2.24) is 0 Å². The van der Waals surface area contributed by atoms with Gasteiger partial charge in [0, 0.05) is 18.6 Å². The summed E-state index contributed by atoms with van der Waals surface area (Å²) in [5, 5.41) is 28.4. The summed E-state index contributed by atoms with van der Waals surface area (Å²) < 4.78 is 0. The van der Waals surface area contributed by atoms with E-state index in [4.69, 9.17) is 5.11 Å². The zero-order valence-electron chi connectivity index (χ0n) is 8.62. The molecular weight excluding hydrogens is 210 g/mol. The molecule has 0 radical (unpaired) electrons. The van der Waals surface area contributed by atoms with Crippen LogP contribution in [0.2, 0.25) is 0 Å². The molecule has 0 aliphatic carbocycles. The van der Waals surface area contributed by atoms with Crippen LogP contribution in [-0.2, 0) is 0 Å². The van der Waals surface area contributed by atoms with Crippen LogP contribution >= 0.6 is 0 Å². The Labute approximate surface area is 91.7 Å². The molecule has 2 aromatic carbocycles. The highest BCUT2D eigenvalue weighted by molar-refractivity contribution is 5.91. The Hall–Kier alpha value is -2.14. The van der Waals surface area contributed by atoms with Crippen molar-refractivity contribution >= 4 is 16.5 Å². The van der Waals surface area contributed by atoms with Gasteiger partial charge in [-0.05, 0) is 11.5 Å². The van der Waals surface area contributed by atoms with Gasteiger partial charge in [0.15, 0.2) is 0 Å². The molecule has 0 aliphatic heterocycles. The van der Waals surface area contributed by atoms with Gasteiger partial charge in [-0.3, -0.25) is 10.1 Å². The summed E-state index contributed by atoms with van der Waals surface area (Å²) in [5.41, 5.74) is -0.260. The zero-order chi connectivity index (χ0) is 12.1. The van der Waals surface area contributed by atoms with Crippen molar-refractivity contribution in [1.29, 1.82) is 0 Å². The Balaban J connectivity index is 0.000000606. The first-order chi connectivity index (χ1) is 7.70. The number of nitro groups is 1. The maximum absolute atomic E-state index is 10.5. The van der Waals surface area contributed by atoms with Gasteiger partial charge in [-0.2, -0.15) is 0 Å². The van der Waals surface area contributed by atoms with Gasteiger partial charge in [0.25, 0.3) is 0 Å². The number of benzene rings is 2. The number of nitrogens with zero attached hydrogens (tertiary/aromatic N) is 1. The molecule has 84 valence electrons. The molecule has 2 rings (SSSR count). The second-order valence-corrected chi connectivity index (χ2v) is 2.91. The normalized spacial score (nSPS) is 9.38. The van der Waals surface area contributed by atoms with Crippen molar-refractivity contribution in [3.63, 3.8) is 0 Å². The lowest BCUT2D eigenvalue weighted by molar-refractivity contribution is -0.385. The van der Waals surface area contributed by atoms with Crippen molar-refractivity contribution in [3.8, 4) is 5.75 Å². The van der Waals surface area contributed by atoms with E-state index in [2.05, 4.69) is 0 Å². The molecule has 0 amide bonds. The van der Waals surface area contributed by atoms with Gasteiger partial charge in [0.2, 0.25) is 5.75 Å². The average Bonchev–Trinajstić information content (AvgIpc) is 2.32. The molecule has 0 atom stereocenters. The molecule has 5 nitrogen and oxygen atoms in total. The minimum atomic E-state index is -0.595. The minimum Gasteiger partial charge on any atom is -0.502 e. The van der Waals surface area contributed by atoms with Crippen LogP contribution < -0.4 is 0 Å². The van der Waals surface area contributed by atoms with E-state index >= 15 is 0 Å². The molecule has 0 saturated carbocycles. The van der Waals surface area contributed by atoms with Crippen LogP contribution in [0.3, 0.4) is 0 Å². The highest BCUT2D eigenvalue weighted by Crippen LogP contribution is 2.33. The lowest BCUT2D eigenvalue weighted by Crippen LogP contribution is -1.88. The SMILES string of the molecule is CO.O=[N+]([O-])c1ccc2ccccc2c1O. The molecule has 0 saturated heterocycles. The van der Waals surface area contributed by atoms with Gasteiger partial charge in [0.05, 0.1) is 4.92 Å². The van der Waals surface area contributed by atoms with Crippen molar-refractivity contribution in [2.24, 2.45) is 0 Å². The fourth-order valence-electron chi connectivity index (χ4n) is 1.39. The van der Waals surface area contributed by atoms with E-state index in [-0.39, 0.29) is 11.4 Å². The van der Waals surface area contributed by atoms with Crippen molar-refractivity contribution in [3.05, 3.63) is 46.5 Å². The van der Waals surface area contributed by atoms with Crippen LogP contribution in [0.1, 0.15) is 0 Å². The van der Waals surface area contributed by atoms with E-state index in [1.54, 1.807) is 24.3 Å². The predicted octanol–water partition coefficient (Wildman–Crippen LogP) is 2.06. The van der Waals surface area contributed by atoms with Crippen LogP contribution in [0.15, 0.2) is 36.4 Å². The highest BCUT2D eigenvalue weighted by atomic mass is 16.6. The molecule has 0 aliphatic rings. The summed E-state index contributed by atoms with van der Waals surface area (Å²) in [6, 6.07) is 9.90. The van der Waals surface area contributed by atoms with E-state index in [1.807, 2.05) is 6.07 Å². The lowest BCUT2D eigenvalue weighted by atomic mass is 10.1. The van der Waals surface area contributed by atoms with E-state index in [1.165, 1.54) is 6.07 Å². The van der Waals surface area contributed by atoms with Gasteiger partial charge < -0.3 is 10.2 Å². The van der Waals surface area contributed by atoms with Crippen LogP contribution in [0.25, 0.3) is 10.8 Å². The third-order valence-electron chi connectivity index (χ3n) is 2.08. The second-order valence-electron chi connectivity index (χ2n) is 2.91. The summed E-state index contributed by atoms with van der Waals surface area (Å²) in [4.78, 5) is 9.92. The maximum atomic E-state index is 10.5. The number of aromatic hydroxyl groups is 1. The molecule has 0 heterocycles. The van der Waals surface area contributed by atoms with Gasteiger partial charge in [0.1, 0.15) is 0 Å². The fourth-order valence-corrected chi connectivity index (χ4v) is 1.39. The predicted molar refractivity (Wildman–Crippen MR) is 60.4 cm³/mol.